The van der Waals surface area contributed by atoms with Gasteiger partial charge in [0.25, 0.3) is 0 Å². The Hall–Kier alpha value is -0.613. The molecule has 0 aliphatic heterocycles. The van der Waals surface area contributed by atoms with Crippen molar-refractivity contribution in [3.8, 4) is 0 Å². The van der Waals surface area contributed by atoms with Gasteiger partial charge in [0.2, 0.25) is 0 Å². The molecule has 0 fully saturated rings. The summed E-state index contributed by atoms with van der Waals surface area (Å²) in [6.45, 7) is 8.45. The highest BCUT2D eigenvalue weighted by atomic mass is 28.3. The van der Waals surface area contributed by atoms with Crippen molar-refractivity contribution in [3.05, 3.63) is 12.7 Å². The highest BCUT2D eigenvalue weighted by molar-refractivity contribution is 6.50. The van der Waals surface area contributed by atoms with Gasteiger partial charge in [-0.3, -0.25) is 0 Å². The van der Waals surface area contributed by atoms with E-state index in [0.29, 0.717) is 13.2 Å². The second kappa shape index (κ2) is 13.4. The summed E-state index contributed by atoms with van der Waals surface area (Å²) in [4.78, 5) is 10.6. The van der Waals surface area contributed by atoms with Crippen LogP contribution in [0.1, 0.15) is 28.2 Å². The fourth-order valence-corrected chi connectivity index (χ4v) is 2.42. The largest absolute Gasteiger partial charge is 0.460 e. The monoisotopic (exact) mass is 234 g/mol. The maximum absolute atomic E-state index is 10.6. The fourth-order valence-electron chi connectivity index (χ4n) is 0.940. The van der Waals surface area contributed by atoms with Crippen LogP contribution in [0.3, 0.4) is 0 Å². The van der Waals surface area contributed by atoms with Crippen LogP contribution >= 0.6 is 0 Å². The Kier molecular flexibility index (Phi) is 17.7. The van der Waals surface area contributed by atoms with Gasteiger partial charge in [-0.1, -0.05) is 34.8 Å². The van der Waals surface area contributed by atoms with Crippen molar-refractivity contribution in [3.63, 3.8) is 0 Å². The smallest absolute Gasteiger partial charge is 0.330 e. The van der Waals surface area contributed by atoms with E-state index in [1.807, 2.05) is 0 Å². The van der Waals surface area contributed by atoms with E-state index < -0.39 is 9.04 Å². The third-order valence-corrected chi connectivity index (χ3v) is 3.79. The summed E-state index contributed by atoms with van der Waals surface area (Å²) >= 11 is 0. The lowest BCUT2D eigenvalue weighted by atomic mass is 10.6. The summed E-state index contributed by atoms with van der Waals surface area (Å²) in [6.07, 6.45) is 2.33. The van der Waals surface area contributed by atoms with Crippen molar-refractivity contribution in [2.24, 2.45) is 0 Å². The van der Waals surface area contributed by atoms with Crippen LogP contribution in [0.5, 0.6) is 0 Å². The lowest BCUT2D eigenvalue weighted by Crippen LogP contribution is -2.17. The molecule has 0 heterocycles. The molecule has 0 rings (SSSR count). The van der Waals surface area contributed by atoms with E-state index in [4.69, 9.17) is 9.16 Å². The normalized spacial score (nSPS) is 10.5. The molecular weight excluding hydrogens is 208 g/mol. The zero-order valence-electron chi connectivity index (χ0n) is 8.41. The van der Waals surface area contributed by atoms with Crippen LogP contribution in [0.4, 0.5) is 0 Å². The van der Waals surface area contributed by atoms with Crippen molar-refractivity contribution in [2.45, 2.75) is 40.8 Å². The summed E-state index contributed by atoms with van der Waals surface area (Å²) in [7, 11) is -0.991. The van der Waals surface area contributed by atoms with Crippen molar-refractivity contribution < 1.29 is 14.0 Å². The fraction of sp³-hybridized carbons (Fsp3) is 0.727. The Labute approximate surface area is 96.2 Å². The number of rotatable bonds is 7. The lowest BCUT2D eigenvalue weighted by molar-refractivity contribution is -0.138. The minimum absolute atomic E-state index is 0. The molecule has 3 nitrogen and oxygen atoms in total. The average molecular weight is 234 g/mol. The molecule has 0 N–H and O–H groups in total. The van der Waals surface area contributed by atoms with Crippen LogP contribution in [0.15, 0.2) is 12.7 Å². The summed E-state index contributed by atoms with van der Waals surface area (Å²) in [5.41, 5.74) is 0. The van der Waals surface area contributed by atoms with Crippen molar-refractivity contribution in [2.75, 3.05) is 13.2 Å². The topological polar surface area (TPSA) is 35.5 Å². The van der Waals surface area contributed by atoms with E-state index in [1.165, 1.54) is 12.5 Å². The van der Waals surface area contributed by atoms with Gasteiger partial charge in [-0.25, -0.2) is 4.79 Å². The third kappa shape index (κ3) is 13.4. The molecule has 1 unspecified atom stereocenters. The first kappa shape index (κ1) is 19.9. The Morgan fingerprint density at radius 1 is 1.40 bits per heavy atom. The SMILES string of the molecule is C.C.C=CC(=O)OCCO[SiH](C)CCC. The Balaban J connectivity index is -0.000000720. The molecule has 0 saturated heterocycles. The number of carbonyl (C=O) groups is 1. The number of hydrogen-bond acceptors (Lipinski definition) is 3. The van der Waals surface area contributed by atoms with Gasteiger partial charge < -0.3 is 9.16 Å². The van der Waals surface area contributed by atoms with Crippen LogP contribution in [0.2, 0.25) is 12.6 Å². The number of hydrogen-bond donors (Lipinski definition) is 0. The molecule has 0 aromatic carbocycles. The van der Waals surface area contributed by atoms with Gasteiger partial charge in [0.15, 0.2) is 9.04 Å². The molecule has 0 aromatic rings. The first-order valence-electron chi connectivity index (χ1n) is 4.61. The van der Waals surface area contributed by atoms with E-state index in [-0.39, 0.29) is 20.8 Å². The lowest BCUT2D eigenvalue weighted by Gasteiger charge is -2.09. The molecule has 0 aliphatic rings. The minimum atomic E-state index is -0.991. The molecule has 0 amide bonds. The maximum Gasteiger partial charge on any atom is 0.330 e. The van der Waals surface area contributed by atoms with Gasteiger partial charge in [-0.05, 0) is 12.6 Å². The van der Waals surface area contributed by atoms with Gasteiger partial charge in [0, 0.05) is 6.08 Å². The quantitative estimate of drug-likeness (QED) is 0.294. The van der Waals surface area contributed by atoms with E-state index in [0.717, 1.165) is 6.08 Å². The van der Waals surface area contributed by atoms with Crippen LogP contribution < -0.4 is 0 Å². The zero-order valence-corrected chi connectivity index (χ0v) is 9.57. The number of esters is 1. The molecular formula is C11H26O3Si. The highest BCUT2D eigenvalue weighted by Gasteiger charge is 2.02. The number of carbonyl (C=O) groups excluding carboxylic acids is 1. The van der Waals surface area contributed by atoms with Crippen molar-refractivity contribution in [1.29, 1.82) is 0 Å². The molecule has 1 atom stereocenters. The summed E-state index contributed by atoms with van der Waals surface area (Å²) < 4.78 is 10.3. The standard InChI is InChI=1S/C9H18O3Si.2CH4/c1-4-8-13(3)12-7-6-11-9(10)5-2;;/h5,13H,2,4,6-8H2,1,3H3;2*1H4. The highest BCUT2D eigenvalue weighted by Crippen LogP contribution is 1.97. The molecule has 15 heavy (non-hydrogen) atoms. The minimum Gasteiger partial charge on any atom is -0.460 e. The molecule has 0 saturated carbocycles. The number of ether oxygens (including phenoxy) is 1. The molecule has 4 heteroatoms. The summed E-state index contributed by atoms with van der Waals surface area (Å²) in [5, 5.41) is 0. The van der Waals surface area contributed by atoms with Crippen molar-refractivity contribution >= 4 is 15.0 Å². The molecule has 0 spiro atoms. The second-order valence-corrected chi connectivity index (χ2v) is 5.37. The van der Waals surface area contributed by atoms with Gasteiger partial charge in [-0.2, -0.15) is 0 Å². The van der Waals surface area contributed by atoms with Crippen molar-refractivity contribution in [1.82, 2.24) is 0 Å². The van der Waals surface area contributed by atoms with Crippen LogP contribution in [0.25, 0.3) is 0 Å². The predicted molar refractivity (Wildman–Crippen MR) is 68.7 cm³/mol. The van der Waals surface area contributed by atoms with Gasteiger partial charge in [-0.15, -0.1) is 0 Å². The predicted octanol–water partition coefficient (Wildman–Crippen LogP) is 2.77. The third-order valence-electron chi connectivity index (χ3n) is 1.59. The average Bonchev–Trinajstić information content (AvgIpc) is 2.12. The Morgan fingerprint density at radius 3 is 2.47 bits per heavy atom. The van der Waals surface area contributed by atoms with Crippen LogP contribution in [-0.4, -0.2) is 28.2 Å². The zero-order chi connectivity index (χ0) is 10.1. The molecule has 0 aliphatic carbocycles. The van der Waals surface area contributed by atoms with Gasteiger partial charge in [0.05, 0.1) is 6.61 Å². The summed E-state index contributed by atoms with van der Waals surface area (Å²) in [5.74, 6) is -0.381. The van der Waals surface area contributed by atoms with E-state index >= 15 is 0 Å². The first-order chi connectivity index (χ1) is 6.20. The van der Waals surface area contributed by atoms with Crippen LogP contribution in [0, 0.1) is 0 Å². The van der Waals surface area contributed by atoms with Crippen LogP contribution in [-0.2, 0) is 14.0 Å². The Bertz CT molecular complexity index is 160. The Morgan fingerprint density at radius 2 is 2.00 bits per heavy atom. The van der Waals surface area contributed by atoms with E-state index in [2.05, 4.69) is 20.0 Å². The second-order valence-electron chi connectivity index (χ2n) is 2.84. The van der Waals surface area contributed by atoms with E-state index in [9.17, 15) is 4.79 Å². The molecule has 0 radical (unpaired) electrons. The first-order valence-corrected chi connectivity index (χ1v) is 7.05. The molecule has 0 aromatic heterocycles. The summed E-state index contributed by atoms with van der Waals surface area (Å²) in [6, 6.07) is 1.18. The molecule has 0 bridgehead atoms. The maximum atomic E-state index is 10.6. The van der Waals surface area contributed by atoms with E-state index in [1.54, 1.807) is 0 Å². The molecule has 92 valence electrons. The van der Waals surface area contributed by atoms with Gasteiger partial charge in [0.1, 0.15) is 6.61 Å². The van der Waals surface area contributed by atoms with Gasteiger partial charge >= 0.3 is 5.97 Å².